The minimum Gasteiger partial charge on any atom is -0.497 e. The van der Waals surface area contributed by atoms with Crippen LogP contribution >= 0.6 is 23.7 Å². The maximum atomic E-state index is 12.5. The summed E-state index contributed by atoms with van der Waals surface area (Å²) >= 11 is 1.45. The van der Waals surface area contributed by atoms with E-state index in [1.54, 1.807) is 7.11 Å². The molecule has 8 heteroatoms. The predicted molar refractivity (Wildman–Crippen MR) is 102 cm³/mol. The molecule has 3 rings (SSSR count). The van der Waals surface area contributed by atoms with Crippen LogP contribution in [0.5, 0.6) is 5.75 Å². The Balaban J connectivity index is 0.00000225. The molecule has 1 saturated heterocycles. The van der Waals surface area contributed by atoms with Crippen molar-refractivity contribution < 1.29 is 14.3 Å². The minimum absolute atomic E-state index is 0. The Bertz CT molecular complexity index is 727. The lowest BCUT2D eigenvalue weighted by molar-refractivity contribution is -0.124. The zero-order valence-corrected chi connectivity index (χ0v) is 15.8. The maximum absolute atomic E-state index is 12.5. The summed E-state index contributed by atoms with van der Waals surface area (Å²) in [6, 6.07) is 7.69. The average molecular weight is 384 g/mol. The highest BCUT2D eigenvalue weighted by atomic mass is 35.5. The van der Waals surface area contributed by atoms with Gasteiger partial charge in [0, 0.05) is 23.7 Å². The van der Waals surface area contributed by atoms with Gasteiger partial charge in [0.1, 0.15) is 11.3 Å². The van der Waals surface area contributed by atoms with Gasteiger partial charge in [0.05, 0.1) is 12.8 Å². The standard InChI is InChI=1S/C17H21N3O3S.ClH/c1-11-14(12-3-5-13(22-2)6-4-12)19-16(24-11)20-15(21)17(18)7-9-23-10-8-17;/h3-6H,7-10,18H2,1-2H3,(H,19,20,21);1H. The summed E-state index contributed by atoms with van der Waals surface area (Å²) in [5.74, 6) is 0.602. The van der Waals surface area contributed by atoms with E-state index in [0.29, 0.717) is 31.2 Å². The van der Waals surface area contributed by atoms with Gasteiger partial charge >= 0.3 is 0 Å². The number of ether oxygens (including phenoxy) is 2. The van der Waals surface area contributed by atoms with Crippen LogP contribution in [0, 0.1) is 6.92 Å². The molecule has 3 N–H and O–H groups in total. The van der Waals surface area contributed by atoms with Gasteiger partial charge in [-0.15, -0.1) is 23.7 Å². The van der Waals surface area contributed by atoms with Crippen molar-refractivity contribution in [3.05, 3.63) is 29.1 Å². The van der Waals surface area contributed by atoms with E-state index < -0.39 is 5.54 Å². The Hall–Kier alpha value is -1.67. The van der Waals surface area contributed by atoms with Crippen LogP contribution in [0.15, 0.2) is 24.3 Å². The van der Waals surface area contributed by atoms with Crippen molar-refractivity contribution in [2.45, 2.75) is 25.3 Å². The van der Waals surface area contributed by atoms with Crippen molar-refractivity contribution >= 4 is 34.8 Å². The molecular weight excluding hydrogens is 362 g/mol. The molecular formula is C17H22ClN3O3S. The summed E-state index contributed by atoms with van der Waals surface area (Å²) in [4.78, 5) is 18.1. The van der Waals surface area contributed by atoms with Gasteiger partial charge < -0.3 is 20.5 Å². The summed E-state index contributed by atoms with van der Waals surface area (Å²) in [7, 11) is 1.63. The van der Waals surface area contributed by atoms with Crippen molar-refractivity contribution in [3.63, 3.8) is 0 Å². The number of methoxy groups -OCH3 is 1. The number of rotatable bonds is 4. The van der Waals surface area contributed by atoms with Gasteiger partial charge in [-0.05, 0) is 44.0 Å². The Kier molecular flexibility index (Phi) is 6.40. The molecule has 0 aliphatic carbocycles. The molecule has 6 nitrogen and oxygen atoms in total. The van der Waals surface area contributed by atoms with Crippen LogP contribution < -0.4 is 15.8 Å². The van der Waals surface area contributed by atoms with Gasteiger partial charge in [-0.1, -0.05) is 0 Å². The first-order valence-electron chi connectivity index (χ1n) is 7.82. The molecule has 2 heterocycles. The van der Waals surface area contributed by atoms with Crippen LogP contribution in [0.25, 0.3) is 11.3 Å². The third kappa shape index (κ3) is 4.30. The second-order valence-corrected chi connectivity index (χ2v) is 7.08. The number of nitrogens with zero attached hydrogens (tertiary/aromatic N) is 1. The van der Waals surface area contributed by atoms with E-state index in [4.69, 9.17) is 15.2 Å². The van der Waals surface area contributed by atoms with E-state index >= 15 is 0 Å². The first-order valence-corrected chi connectivity index (χ1v) is 8.63. The molecule has 136 valence electrons. The summed E-state index contributed by atoms with van der Waals surface area (Å²) in [5, 5.41) is 3.44. The normalized spacial score (nSPS) is 16.0. The number of nitrogens with two attached hydrogens (primary N) is 1. The fraction of sp³-hybridized carbons (Fsp3) is 0.412. The number of nitrogens with one attached hydrogen (secondary N) is 1. The zero-order chi connectivity index (χ0) is 17.2. The van der Waals surface area contributed by atoms with E-state index in [1.807, 2.05) is 31.2 Å². The highest BCUT2D eigenvalue weighted by Gasteiger charge is 2.36. The Morgan fingerprint density at radius 2 is 1.96 bits per heavy atom. The van der Waals surface area contributed by atoms with Gasteiger partial charge in [-0.25, -0.2) is 4.98 Å². The summed E-state index contributed by atoms with van der Waals surface area (Å²) < 4.78 is 10.5. The molecule has 1 aliphatic rings. The van der Waals surface area contributed by atoms with E-state index in [1.165, 1.54) is 11.3 Å². The predicted octanol–water partition coefficient (Wildman–Crippen LogP) is 3.00. The fourth-order valence-electron chi connectivity index (χ4n) is 2.65. The molecule has 2 aromatic rings. The molecule has 0 bridgehead atoms. The van der Waals surface area contributed by atoms with Crippen LogP contribution in [-0.2, 0) is 9.53 Å². The van der Waals surface area contributed by atoms with Crippen molar-refractivity contribution in [2.75, 3.05) is 25.6 Å². The van der Waals surface area contributed by atoms with E-state index in [-0.39, 0.29) is 18.3 Å². The van der Waals surface area contributed by atoms with Gasteiger partial charge in [0.15, 0.2) is 5.13 Å². The Morgan fingerprint density at radius 1 is 1.32 bits per heavy atom. The van der Waals surface area contributed by atoms with Crippen molar-refractivity contribution in [1.29, 1.82) is 0 Å². The summed E-state index contributed by atoms with van der Waals surface area (Å²) in [5.41, 5.74) is 7.17. The van der Waals surface area contributed by atoms with Gasteiger partial charge in [0.25, 0.3) is 0 Å². The van der Waals surface area contributed by atoms with Crippen molar-refractivity contribution in [3.8, 4) is 17.0 Å². The lowest BCUT2D eigenvalue weighted by atomic mass is 9.90. The average Bonchev–Trinajstić information content (AvgIpc) is 2.96. The first kappa shape index (κ1) is 19.7. The quantitative estimate of drug-likeness (QED) is 0.847. The Morgan fingerprint density at radius 3 is 2.56 bits per heavy atom. The topological polar surface area (TPSA) is 86.5 Å². The third-order valence-electron chi connectivity index (χ3n) is 4.22. The number of anilines is 1. The molecule has 0 radical (unpaired) electrons. The molecule has 0 atom stereocenters. The smallest absolute Gasteiger partial charge is 0.246 e. The van der Waals surface area contributed by atoms with Crippen LogP contribution in [0.3, 0.4) is 0 Å². The molecule has 1 aromatic heterocycles. The summed E-state index contributed by atoms with van der Waals surface area (Å²) in [6.07, 6.45) is 1.04. The van der Waals surface area contributed by atoms with Gasteiger partial charge in [0.2, 0.25) is 5.91 Å². The second-order valence-electron chi connectivity index (χ2n) is 5.87. The molecule has 1 aliphatic heterocycles. The van der Waals surface area contributed by atoms with E-state index in [9.17, 15) is 4.79 Å². The third-order valence-corrected chi connectivity index (χ3v) is 5.10. The number of aryl methyl sites for hydroxylation is 1. The Labute approximate surface area is 157 Å². The molecule has 0 spiro atoms. The molecule has 0 unspecified atom stereocenters. The van der Waals surface area contributed by atoms with E-state index in [2.05, 4.69) is 10.3 Å². The monoisotopic (exact) mass is 383 g/mol. The highest BCUT2D eigenvalue weighted by molar-refractivity contribution is 7.16. The second kappa shape index (κ2) is 8.14. The van der Waals surface area contributed by atoms with Crippen molar-refractivity contribution in [1.82, 2.24) is 4.98 Å². The number of hydrogen-bond acceptors (Lipinski definition) is 6. The van der Waals surface area contributed by atoms with Crippen molar-refractivity contribution in [2.24, 2.45) is 5.73 Å². The highest BCUT2D eigenvalue weighted by Crippen LogP contribution is 2.32. The zero-order valence-electron chi connectivity index (χ0n) is 14.2. The molecule has 0 saturated carbocycles. The number of hydrogen-bond donors (Lipinski definition) is 2. The lowest BCUT2D eigenvalue weighted by Gasteiger charge is -2.31. The molecule has 25 heavy (non-hydrogen) atoms. The van der Waals surface area contributed by atoms with Crippen LogP contribution in [0.2, 0.25) is 0 Å². The van der Waals surface area contributed by atoms with Gasteiger partial charge in [-0.3, -0.25) is 4.79 Å². The van der Waals surface area contributed by atoms with Crippen LogP contribution in [0.1, 0.15) is 17.7 Å². The van der Waals surface area contributed by atoms with Crippen LogP contribution in [-0.4, -0.2) is 36.8 Å². The number of thiazole rings is 1. The number of aromatic nitrogens is 1. The van der Waals surface area contributed by atoms with E-state index in [0.717, 1.165) is 21.9 Å². The molecule has 1 aromatic carbocycles. The van der Waals surface area contributed by atoms with Crippen LogP contribution in [0.4, 0.5) is 5.13 Å². The largest absolute Gasteiger partial charge is 0.497 e. The number of amides is 1. The number of benzene rings is 1. The first-order chi connectivity index (χ1) is 11.5. The number of halogens is 1. The molecule has 1 fully saturated rings. The minimum atomic E-state index is -0.877. The summed E-state index contributed by atoms with van der Waals surface area (Å²) in [6.45, 7) is 3.01. The SMILES string of the molecule is COc1ccc(-c2nc(NC(=O)C3(N)CCOCC3)sc2C)cc1.Cl. The number of carbonyl (C=O) groups excluding carboxylic acids is 1. The lowest BCUT2D eigenvalue weighted by Crippen LogP contribution is -2.54. The maximum Gasteiger partial charge on any atom is 0.246 e. The number of carbonyl (C=O) groups is 1. The fourth-order valence-corrected chi connectivity index (χ4v) is 3.48. The molecule has 1 amide bonds. The van der Waals surface area contributed by atoms with Gasteiger partial charge in [-0.2, -0.15) is 0 Å².